The van der Waals surface area contributed by atoms with E-state index in [0.717, 1.165) is 5.69 Å². The summed E-state index contributed by atoms with van der Waals surface area (Å²) in [5.74, 6) is -0.142. The third-order valence-corrected chi connectivity index (χ3v) is 3.02. The molecule has 3 aromatic rings. The number of nitrogens with one attached hydrogen (secondary N) is 1. The first-order chi connectivity index (χ1) is 9.13. The maximum atomic E-state index is 13.2. The van der Waals surface area contributed by atoms with Crippen molar-refractivity contribution in [2.75, 3.05) is 0 Å². The average Bonchev–Trinajstić information content (AvgIpc) is 2.97. The minimum Gasteiger partial charge on any atom is -0.437 e. The zero-order valence-corrected chi connectivity index (χ0v) is 10.5. The Hall–Kier alpha value is -1.92. The summed E-state index contributed by atoms with van der Waals surface area (Å²) < 4.78 is 18.7. The van der Waals surface area contributed by atoms with Gasteiger partial charge in [-0.15, -0.1) is 0 Å². The molecule has 7 heteroatoms. The maximum Gasteiger partial charge on any atom is 0.212 e. The highest BCUT2D eigenvalue weighted by atomic mass is 35.5. The predicted octanol–water partition coefficient (Wildman–Crippen LogP) is 2.59. The maximum absolute atomic E-state index is 13.2. The van der Waals surface area contributed by atoms with E-state index < -0.39 is 11.9 Å². The van der Waals surface area contributed by atoms with E-state index in [2.05, 4.69) is 15.0 Å². The molecule has 1 unspecified atom stereocenters. The normalized spacial score (nSPS) is 13.0. The van der Waals surface area contributed by atoms with Crippen molar-refractivity contribution in [3.8, 4) is 0 Å². The van der Waals surface area contributed by atoms with Gasteiger partial charge in [-0.2, -0.15) is 0 Å². The molecule has 0 aliphatic rings. The molecule has 0 aliphatic carbocycles. The second-order valence-corrected chi connectivity index (χ2v) is 4.58. The Kier molecular flexibility index (Phi) is 2.96. The quantitative estimate of drug-likeness (QED) is 0.773. The fraction of sp³-hybridized carbons (Fsp3) is 0.167. The third-order valence-electron chi connectivity index (χ3n) is 2.74. The number of fused-ring (bicyclic) bond motifs is 1. The van der Waals surface area contributed by atoms with E-state index >= 15 is 0 Å². The van der Waals surface area contributed by atoms with Crippen LogP contribution in [0.1, 0.15) is 17.6 Å². The molecule has 0 saturated heterocycles. The van der Waals surface area contributed by atoms with Gasteiger partial charge in [0.2, 0.25) is 5.89 Å². The highest BCUT2D eigenvalue weighted by Gasteiger charge is 2.17. The molecule has 0 fully saturated rings. The van der Waals surface area contributed by atoms with Crippen LogP contribution in [0.15, 0.2) is 29.1 Å². The van der Waals surface area contributed by atoms with Crippen molar-refractivity contribution in [3.05, 3.63) is 47.1 Å². The number of imidazole rings is 1. The minimum absolute atomic E-state index is 0.183. The minimum atomic E-state index is -0.459. The van der Waals surface area contributed by atoms with E-state index in [1.165, 1.54) is 12.1 Å². The SMILES string of the molecule is NC(Cc1cnc[nH]1)c1nc2cc(F)cc(Cl)c2o1. The van der Waals surface area contributed by atoms with Gasteiger partial charge >= 0.3 is 0 Å². The predicted molar refractivity (Wildman–Crippen MR) is 68.2 cm³/mol. The second-order valence-electron chi connectivity index (χ2n) is 4.18. The summed E-state index contributed by atoms with van der Waals surface area (Å²) in [5, 5.41) is 0.183. The number of rotatable bonds is 3. The van der Waals surface area contributed by atoms with E-state index in [-0.39, 0.29) is 5.02 Å². The van der Waals surface area contributed by atoms with Crippen LogP contribution in [0.4, 0.5) is 4.39 Å². The van der Waals surface area contributed by atoms with Crippen LogP contribution >= 0.6 is 11.6 Å². The van der Waals surface area contributed by atoms with Crippen LogP contribution in [-0.4, -0.2) is 15.0 Å². The smallest absolute Gasteiger partial charge is 0.212 e. The number of benzene rings is 1. The monoisotopic (exact) mass is 280 g/mol. The average molecular weight is 281 g/mol. The number of aromatic amines is 1. The molecule has 1 aromatic carbocycles. The molecule has 1 atom stereocenters. The van der Waals surface area contributed by atoms with Crippen LogP contribution in [0, 0.1) is 5.82 Å². The van der Waals surface area contributed by atoms with Gasteiger partial charge < -0.3 is 15.1 Å². The van der Waals surface area contributed by atoms with Crippen molar-refractivity contribution in [1.82, 2.24) is 15.0 Å². The van der Waals surface area contributed by atoms with Gasteiger partial charge in [-0.3, -0.25) is 0 Å². The van der Waals surface area contributed by atoms with Gasteiger partial charge in [0, 0.05) is 24.4 Å². The largest absolute Gasteiger partial charge is 0.437 e. The summed E-state index contributed by atoms with van der Waals surface area (Å²) in [6, 6.07) is 1.99. The molecule has 19 heavy (non-hydrogen) atoms. The van der Waals surface area contributed by atoms with Crippen molar-refractivity contribution in [2.45, 2.75) is 12.5 Å². The van der Waals surface area contributed by atoms with Gasteiger partial charge in [0.05, 0.1) is 17.4 Å². The summed E-state index contributed by atoms with van der Waals surface area (Å²) in [7, 11) is 0. The first-order valence-electron chi connectivity index (χ1n) is 5.62. The molecule has 0 spiro atoms. The van der Waals surface area contributed by atoms with Crippen LogP contribution in [-0.2, 0) is 6.42 Å². The number of aromatic nitrogens is 3. The Morgan fingerprint density at radius 3 is 3.05 bits per heavy atom. The summed E-state index contributed by atoms with van der Waals surface area (Å²) in [5.41, 5.74) is 7.57. The molecule has 98 valence electrons. The van der Waals surface area contributed by atoms with Crippen molar-refractivity contribution >= 4 is 22.7 Å². The van der Waals surface area contributed by atoms with Crippen LogP contribution in [0.25, 0.3) is 11.1 Å². The van der Waals surface area contributed by atoms with Crippen LogP contribution < -0.4 is 5.73 Å². The molecule has 2 heterocycles. The first-order valence-corrected chi connectivity index (χ1v) is 5.99. The lowest BCUT2D eigenvalue weighted by molar-refractivity contribution is 0.472. The molecule has 3 rings (SSSR count). The Labute approximate surface area is 112 Å². The highest BCUT2D eigenvalue weighted by molar-refractivity contribution is 6.34. The van der Waals surface area contributed by atoms with Crippen LogP contribution in [0.3, 0.4) is 0 Å². The fourth-order valence-electron chi connectivity index (χ4n) is 1.86. The molecular weight excluding hydrogens is 271 g/mol. The molecule has 2 aromatic heterocycles. The number of nitrogens with zero attached hydrogens (tertiary/aromatic N) is 2. The number of hydrogen-bond acceptors (Lipinski definition) is 4. The summed E-state index contributed by atoms with van der Waals surface area (Å²) in [6.07, 6.45) is 3.74. The number of hydrogen-bond donors (Lipinski definition) is 2. The van der Waals surface area contributed by atoms with Gasteiger partial charge in [0.15, 0.2) is 5.58 Å². The molecule has 0 radical (unpaired) electrons. The second kappa shape index (κ2) is 4.64. The number of H-pyrrole nitrogens is 1. The zero-order chi connectivity index (χ0) is 13.4. The third kappa shape index (κ3) is 2.32. The Balaban J connectivity index is 1.94. The van der Waals surface area contributed by atoms with E-state index in [1.54, 1.807) is 12.5 Å². The van der Waals surface area contributed by atoms with Crippen molar-refractivity contribution in [3.63, 3.8) is 0 Å². The summed E-state index contributed by atoms with van der Waals surface area (Å²) >= 11 is 5.89. The molecule has 0 saturated carbocycles. The number of oxazole rings is 1. The summed E-state index contributed by atoms with van der Waals surface area (Å²) in [4.78, 5) is 11.0. The van der Waals surface area contributed by atoms with Gasteiger partial charge in [-0.25, -0.2) is 14.4 Å². The fourth-order valence-corrected chi connectivity index (χ4v) is 2.10. The Morgan fingerprint density at radius 1 is 1.47 bits per heavy atom. The topological polar surface area (TPSA) is 80.7 Å². The zero-order valence-electron chi connectivity index (χ0n) is 9.73. The Bertz CT molecular complexity index is 710. The summed E-state index contributed by atoms with van der Waals surface area (Å²) in [6.45, 7) is 0. The van der Waals surface area contributed by atoms with Crippen molar-refractivity contribution in [2.24, 2.45) is 5.73 Å². The number of nitrogens with two attached hydrogens (primary N) is 1. The molecule has 0 amide bonds. The Morgan fingerprint density at radius 2 is 2.32 bits per heavy atom. The van der Waals surface area contributed by atoms with Gasteiger partial charge in [0.1, 0.15) is 11.3 Å². The van der Waals surface area contributed by atoms with Gasteiger partial charge in [-0.05, 0) is 6.07 Å². The van der Waals surface area contributed by atoms with E-state index in [9.17, 15) is 4.39 Å². The lowest BCUT2D eigenvalue weighted by Crippen LogP contribution is -2.13. The van der Waals surface area contributed by atoms with Crippen molar-refractivity contribution in [1.29, 1.82) is 0 Å². The lowest BCUT2D eigenvalue weighted by atomic mass is 10.2. The van der Waals surface area contributed by atoms with Crippen molar-refractivity contribution < 1.29 is 8.81 Å². The number of halogens is 2. The molecular formula is C12H10ClFN4O. The first kappa shape index (κ1) is 12.1. The lowest BCUT2D eigenvalue weighted by Gasteiger charge is -2.04. The highest BCUT2D eigenvalue weighted by Crippen LogP contribution is 2.28. The van der Waals surface area contributed by atoms with E-state index in [1.807, 2.05) is 0 Å². The molecule has 0 aliphatic heterocycles. The van der Waals surface area contributed by atoms with Gasteiger partial charge in [0.25, 0.3) is 0 Å². The molecule has 5 nitrogen and oxygen atoms in total. The van der Waals surface area contributed by atoms with Gasteiger partial charge in [-0.1, -0.05) is 11.6 Å². The standard InChI is InChI=1S/C12H10ClFN4O/c13-8-1-6(14)2-10-11(8)19-12(18-10)9(15)3-7-4-16-5-17-7/h1-2,4-5,9H,3,15H2,(H,16,17). The van der Waals surface area contributed by atoms with E-state index in [4.69, 9.17) is 21.8 Å². The van der Waals surface area contributed by atoms with Crippen LogP contribution in [0.5, 0.6) is 0 Å². The van der Waals surface area contributed by atoms with Crippen LogP contribution in [0.2, 0.25) is 5.02 Å². The van der Waals surface area contributed by atoms with E-state index in [0.29, 0.717) is 23.4 Å². The molecule has 3 N–H and O–H groups in total. The molecule has 0 bridgehead atoms.